The molecule has 0 aliphatic rings. The highest BCUT2D eigenvalue weighted by atomic mass is 35.5. The van der Waals surface area contributed by atoms with Gasteiger partial charge in [-0.1, -0.05) is 41.9 Å². The molecule has 0 bridgehead atoms. The Bertz CT molecular complexity index is 754. The summed E-state index contributed by atoms with van der Waals surface area (Å²) in [5, 5.41) is 2.51. The van der Waals surface area contributed by atoms with Crippen LogP contribution in [0.15, 0.2) is 42.5 Å². The van der Waals surface area contributed by atoms with Gasteiger partial charge in [-0.05, 0) is 43.9 Å². The van der Waals surface area contributed by atoms with Crippen molar-refractivity contribution in [2.45, 2.75) is 45.0 Å². The average Bonchev–Trinajstić information content (AvgIpc) is 2.59. The van der Waals surface area contributed by atoms with E-state index in [2.05, 4.69) is 10.3 Å². The number of alkyl carbamates (subject to hydrolysis) is 1. The van der Waals surface area contributed by atoms with E-state index in [1.165, 1.54) is 0 Å². The number of hydrogen-bond acceptors (Lipinski definition) is 3. The Balaban J connectivity index is 1.75. The van der Waals surface area contributed by atoms with Crippen LogP contribution in [0.3, 0.4) is 0 Å². The van der Waals surface area contributed by atoms with E-state index >= 15 is 0 Å². The van der Waals surface area contributed by atoms with Gasteiger partial charge in [-0.25, -0.2) is 9.78 Å². The van der Waals surface area contributed by atoms with Crippen LogP contribution in [0.5, 0.6) is 0 Å². The number of carbonyl (C=O) groups is 1. The van der Waals surface area contributed by atoms with Crippen LogP contribution in [-0.2, 0) is 23.9 Å². The fraction of sp³-hybridized carbons (Fsp3) is 0.368. The number of aromatic nitrogens is 1. The third-order valence-electron chi connectivity index (χ3n) is 3.82. The van der Waals surface area contributed by atoms with Crippen molar-refractivity contribution < 1.29 is 22.7 Å². The second-order valence-corrected chi connectivity index (χ2v) is 6.55. The van der Waals surface area contributed by atoms with E-state index in [1.807, 2.05) is 30.3 Å². The van der Waals surface area contributed by atoms with E-state index in [4.69, 9.17) is 16.3 Å². The molecule has 1 atom stereocenters. The van der Waals surface area contributed by atoms with E-state index < -0.39 is 17.8 Å². The van der Waals surface area contributed by atoms with E-state index in [0.29, 0.717) is 19.3 Å². The largest absolute Gasteiger partial charge is 0.445 e. The molecule has 1 amide bonds. The topological polar surface area (TPSA) is 51.2 Å². The Hall–Kier alpha value is -2.28. The number of pyridine rings is 1. The molecule has 0 saturated heterocycles. The van der Waals surface area contributed by atoms with Gasteiger partial charge in [-0.2, -0.15) is 13.2 Å². The third-order valence-corrected chi connectivity index (χ3v) is 4.02. The number of alkyl halides is 3. The molecule has 27 heavy (non-hydrogen) atoms. The van der Waals surface area contributed by atoms with Crippen LogP contribution in [0.4, 0.5) is 18.0 Å². The summed E-state index contributed by atoms with van der Waals surface area (Å²) in [7, 11) is 0. The van der Waals surface area contributed by atoms with E-state index in [9.17, 15) is 18.0 Å². The molecule has 2 rings (SSSR count). The third kappa shape index (κ3) is 7.46. The molecular formula is C19H20ClF3N2O2. The van der Waals surface area contributed by atoms with Crippen molar-refractivity contribution in [2.75, 3.05) is 0 Å². The molecule has 4 nitrogen and oxygen atoms in total. The van der Waals surface area contributed by atoms with Gasteiger partial charge in [0.1, 0.15) is 11.8 Å². The highest BCUT2D eigenvalue weighted by molar-refractivity contribution is 6.29. The average molecular weight is 401 g/mol. The van der Waals surface area contributed by atoms with Gasteiger partial charge in [0.2, 0.25) is 0 Å². The molecule has 8 heteroatoms. The molecule has 1 aromatic carbocycles. The summed E-state index contributed by atoms with van der Waals surface area (Å²) in [6, 6.07) is 10.9. The van der Waals surface area contributed by atoms with Gasteiger partial charge in [0.25, 0.3) is 0 Å². The number of carbonyl (C=O) groups excluding carboxylic acids is 1. The van der Waals surface area contributed by atoms with Gasteiger partial charge < -0.3 is 10.1 Å². The summed E-state index contributed by atoms with van der Waals surface area (Å²) in [6.07, 6.45) is -3.56. The quantitative estimate of drug-likeness (QED) is 0.634. The molecule has 0 aliphatic carbocycles. The smallest absolute Gasteiger partial charge is 0.416 e. The Morgan fingerprint density at radius 2 is 1.96 bits per heavy atom. The lowest BCUT2D eigenvalue weighted by Crippen LogP contribution is -2.33. The predicted molar refractivity (Wildman–Crippen MR) is 96.4 cm³/mol. The maximum atomic E-state index is 12.8. The van der Waals surface area contributed by atoms with Crippen LogP contribution in [-0.4, -0.2) is 17.1 Å². The van der Waals surface area contributed by atoms with Crippen molar-refractivity contribution in [3.05, 3.63) is 64.4 Å². The van der Waals surface area contributed by atoms with Crippen molar-refractivity contribution in [3.8, 4) is 0 Å². The van der Waals surface area contributed by atoms with Gasteiger partial charge >= 0.3 is 12.3 Å². The van der Waals surface area contributed by atoms with Crippen LogP contribution in [0, 0.1) is 0 Å². The van der Waals surface area contributed by atoms with E-state index in [1.54, 1.807) is 6.92 Å². The molecule has 146 valence electrons. The lowest BCUT2D eigenvalue weighted by molar-refractivity contribution is -0.137. The number of nitrogens with one attached hydrogen (secondary N) is 1. The zero-order chi connectivity index (χ0) is 19.9. The molecule has 1 aromatic heterocycles. The Kier molecular flexibility index (Phi) is 7.47. The summed E-state index contributed by atoms with van der Waals surface area (Å²) in [6.45, 7) is 1.97. The van der Waals surface area contributed by atoms with Gasteiger partial charge in [0.15, 0.2) is 0 Å². The lowest BCUT2D eigenvalue weighted by atomic mass is 10.1. The van der Waals surface area contributed by atoms with Crippen molar-refractivity contribution in [1.82, 2.24) is 10.3 Å². The number of aryl methyl sites for hydroxylation is 1. The maximum Gasteiger partial charge on any atom is 0.416 e. The predicted octanol–water partition coefficient (Wildman–Crippen LogP) is 5.39. The molecular weight excluding hydrogens is 381 g/mol. The number of nitrogens with zero attached hydrogens (tertiary/aromatic N) is 1. The highest BCUT2D eigenvalue weighted by Gasteiger charge is 2.31. The Labute approximate surface area is 160 Å². The zero-order valence-corrected chi connectivity index (χ0v) is 15.5. The molecule has 2 aromatic rings. The number of rotatable bonds is 7. The summed E-state index contributed by atoms with van der Waals surface area (Å²) in [4.78, 5) is 15.7. The fourth-order valence-electron chi connectivity index (χ4n) is 2.47. The summed E-state index contributed by atoms with van der Waals surface area (Å²) >= 11 is 5.67. The van der Waals surface area contributed by atoms with Crippen molar-refractivity contribution >= 4 is 17.7 Å². The van der Waals surface area contributed by atoms with Crippen molar-refractivity contribution in [2.24, 2.45) is 0 Å². The van der Waals surface area contributed by atoms with Crippen LogP contribution in [0.25, 0.3) is 0 Å². The molecule has 0 aliphatic heterocycles. The minimum atomic E-state index is -4.46. The van der Waals surface area contributed by atoms with Gasteiger partial charge in [-0.15, -0.1) is 0 Å². The summed E-state index contributed by atoms with van der Waals surface area (Å²) in [5.74, 6) is 0. The van der Waals surface area contributed by atoms with E-state index in [0.717, 1.165) is 17.7 Å². The number of amides is 1. The number of ether oxygens (including phenoxy) is 1. The lowest BCUT2D eigenvalue weighted by Gasteiger charge is -2.14. The molecule has 1 heterocycles. The molecule has 1 N–H and O–H groups in total. The Morgan fingerprint density at radius 3 is 2.63 bits per heavy atom. The molecule has 0 unspecified atom stereocenters. The number of benzene rings is 1. The van der Waals surface area contributed by atoms with Crippen LogP contribution in [0.2, 0.25) is 5.15 Å². The second kappa shape index (κ2) is 9.60. The number of hydrogen-bond donors (Lipinski definition) is 1. The number of halogens is 4. The Morgan fingerprint density at radius 1 is 1.26 bits per heavy atom. The van der Waals surface area contributed by atoms with Gasteiger partial charge in [-0.3, -0.25) is 0 Å². The first-order valence-electron chi connectivity index (χ1n) is 8.45. The van der Waals surface area contributed by atoms with Crippen LogP contribution >= 0.6 is 11.6 Å². The van der Waals surface area contributed by atoms with E-state index in [-0.39, 0.29) is 23.5 Å². The monoisotopic (exact) mass is 400 g/mol. The van der Waals surface area contributed by atoms with Gasteiger partial charge in [0, 0.05) is 11.7 Å². The van der Waals surface area contributed by atoms with Crippen LogP contribution in [0.1, 0.15) is 36.6 Å². The molecule has 0 fully saturated rings. The first-order valence-corrected chi connectivity index (χ1v) is 8.82. The van der Waals surface area contributed by atoms with Crippen molar-refractivity contribution in [1.29, 1.82) is 0 Å². The zero-order valence-electron chi connectivity index (χ0n) is 14.7. The molecule has 0 saturated carbocycles. The SMILES string of the molecule is C[C@H](CCCc1cc(C(F)(F)F)cc(Cl)n1)NC(=O)OCc1ccccc1. The first-order chi connectivity index (χ1) is 12.7. The minimum absolute atomic E-state index is 0.173. The van der Waals surface area contributed by atoms with Crippen molar-refractivity contribution in [3.63, 3.8) is 0 Å². The normalized spacial score (nSPS) is 12.5. The highest BCUT2D eigenvalue weighted by Crippen LogP contribution is 2.31. The van der Waals surface area contributed by atoms with Crippen LogP contribution < -0.4 is 5.32 Å². The fourth-order valence-corrected chi connectivity index (χ4v) is 2.70. The second-order valence-electron chi connectivity index (χ2n) is 6.17. The first kappa shape index (κ1) is 21.0. The molecule has 0 radical (unpaired) electrons. The summed E-state index contributed by atoms with van der Waals surface area (Å²) < 4.78 is 43.5. The maximum absolute atomic E-state index is 12.8. The minimum Gasteiger partial charge on any atom is -0.445 e. The summed E-state index contributed by atoms with van der Waals surface area (Å²) in [5.41, 5.74) is 0.342. The standard InChI is InChI=1S/C19H20ClF3N2O2/c1-13(24-18(26)27-12-14-7-3-2-4-8-14)6-5-9-16-10-15(19(21,22)23)11-17(20)25-16/h2-4,7-8,10-11,13H,5-6,9,12H2,1H3,(H,24,26)/t13-/m1/s1. The molecule has 0 spiro atoms. The van der Waals surface area contributed by atoms with Gasteiger partial charge in [0.05, 0.1) is 5.56 Å².